The van der Waals surface area contributed by atoms with Crippen LogP contribution in [0, 0.1) is 0 Å². The Bertz CT molecular complexity index is 540. The summed E-state index contributed by atoms with van der Waals surface area (Å²) in [5.41, 5.74) is 7.94. The first kappa shape index (κ1) is 15.4. The zero-order valence-corrected chi connectivity index (χ0v) is 12.5. The van der Waals surface area contributed by atoms with E-state index in [1.165, 1.54) is 0 Å². The molecule has 0 aliphatic carbocycles. The van der Waals surface area contributed by atoms with Crippen LogP contribution < -0.4 is 15.2 Å². The van der Waals surface area contributed by atoms with Crippen molar-refractivity contribution in [3.63, 3.8) is 0 Å². The summed E-state index contributed by atoms with van der Waals surface area (Å²) >= 11 is 0. The second-order valence-corrected chi connectivity index (χ2v) is 4.93. The van der Waals surface area contributed by atoms with E-state index in [-0.39, 0.29) is 0 Å². The van der Waals surface area contributed by atoms with E-state index < -0.39 is 0 Å². The average molecular weight is 285 g/mol. The molecule has 0 saturated carbocycles. The predicted molar refractivity (Wildman–Crippen MR) is 85.8 cm³/mol. The number of hydrogen-bond acceptors (Lipinski definition) is 3. The van der Waals surface area contributed by atoms with Crippen LogP contribution in [0.1, 0.15) is 24.5 Å². The topological polar surface area (TPSA) is 44.5 Å². The molecule has 0 spiro atoms. The van der Waals surface area contributed by atoms with Gasteiger partial charge in [-0.2, -0.15) is 0 Å². The Morgan fingerprint density at radius 2 is 1.81 bits per heavy atom. The van der Waals surface area contributed by atoms with Crippen LogP contribution in [-0.2, 0) is 13.0 Å². The van der Waals surface area contributed by atoms with Crippen molar-refractivity contribution >= 4 is 0 Å². The van der Waals surface area contributed by atoms with Crippen molar-refractivity contribution in [1.82, 2.24) is 0 Å². The molecule has 3 heteroatoms. The molecule has 2 N–H and O–H groups in total. The van der Waals surface area contributed by atoms with Crippen molar-refractivity contribution < 1.29 is 9.47 Å². The molecule has 0 heterocycles. The van der Waals surface area contributed by atoms with Crippen LogP contribution in [-0.4, -0.2) is 13.2 Å². The van der Waals surface area contributed by atoms with E-state index in [2.05, 4.69) is 19.1 Å². The predicted octanol–water partition coefficient (Wildman–Crippen LogP) is 3.56. The van der Waals surface area contributed by atoms with Gasteiger partial charge >= 0.3 is 0 Å². The second kappa shape index (κ2) is 8.32. The molecular weight excluding hydrogens is 262 g/mol. The molecule has 0 unspecified atom stereocenters. The molecule has 0 aliphatic heterocycles. The van der Waals surface area contributed by atoms with Crippen LogP contribution in [0.2, 0.25) is 0 Å². The lowest BCUT2D eigenvalue weighted by molar-refractivity contribution is 0.292. The fourth-order valence-electron chi connectivity index (χ4n) is 2.08. The smallest absolute Gasteiger partial charge is 0.126 e. The second-order valence-electron chi connectivity index (χ2n) is 4.93. The molecule has 3 nitrogen and oxygen atoms in total. The van der Waals surface area contributed by atoms with Crippen molar-refractivity contribution in [3.05, 3.63) is 59.7 Å². The summed E-state index contributed by atoms with van der Waals surface area (Å²) < 4.78 is 11.6. The minimum Gasteiger partial charge on any atom is -0.493 e. The van der Waals surface area contributed by atoms with Gasteiger partial charge in [-0.3, -0.25) is 0 Å². The minimum atomic E-state index is 0.551. The first-order valence-corrected chi connectivity index (χ1v) is 7.46. The van der Waals surface area contributed by atoms with Gasteiger partial charge in [-0.05, 0) is 36.6 Å². The van der Waals surface area contributed by atoms with Gasteiger partial charge < -0.3 is 15.2 Å². The summed E-state index contributed by atoms with van der Waals surface area (Å²) in [6, 6.07) is 16.1. The highest BCUT2D eigenvalue weighted by Crippen LogP contribution is 2.26. The summed E-state index contributed by atoms with van der Waals surface area (Å²) in [7, 11) is 0. The van der Waals surface area contributed by atoms with Gasteiger partial charge in [0.15, 0.2) is 0 Å². The minimum absolute atomic E-state index is 0.551. The van der Waals surface area contributed by atoms with Crippen LogP contribution in [0.5, 0.6) is 11.5 Å². The van der Waals surface area contributed by atoms with E-state index in [1.807, 2.05) is 36.4 Å². The van der Waals surface area contributed by atoms with Crippen molar-refractivity contribution in [2.24, 2.45) is 5.73 Å². The number of benzene rings is 2. The van der Waals surface area contributed by atoms with Crippen molar-refractivity contribution in [2.45, 2.75) is 26.4 Å². The number of nitrogens with two attached hydrogens (primary N) is 1. The monoisotopic (exact) mass is 285 g/mol. The number of rotatable bonds is 8. The summed E-state index contributed by atoms with van der Waals surface area (Å²) in [5.74, 6) is 1.71. The Labute approximate surface area is 126 Å². The maximum absolute atomic E-state index is 5.96. The van der Waals surface area contributed by atoms with Gasteiger partial charge in [-0.15, -0.1) is 0 Å². The lowest BCUT2D eigenvalue weighted by atomic mass is 10.1. The maximum Gasteiger partial charge on any atom is 0.126 e. The highest BCUT2D eigenvalue weighted by molar-refractivity contribution is 5.41. The molecule has 112 valence electrons. The quantitative estimate of drug-likeness (QED) is 0.806. The fraction of sp³-hybridized carbons (Fsp3) is 0.333. The van der Waals surface area contributed by atoms with E-state index in [0.29, 0.717) is 19.8 Å². The molecule has 0 atom stereocenters. The van der Waals surface area contributed by atoms with Gasteiger partial charge in [0.1, 0.15) is 18.1 Å². The molecule has 0 saturated heterocycles. The number of hydrogen-bond donors (Lipinski definition) is 1. The molecule has 0 fully saturated rings. The summed E-state index contributed by atoms with van der Waals surface area (Å²) in [4.78, 5) is 0. The Morgan fingerprint density at radius 1 is 1.00 bits per heavy atom. The average Bonchev–Trinajstić information content (AvgIpc) is 2.53. The molecule has 0 radical (unpaired) electrons. The zero-order valence-electron chi connectivity index (χ0n) is 12.5. The number of ether oxygens (including phenoxy) is 2. The van der Waals surface area contributed by atoms with Gasteiger partial charge in [-0.25, -0.2) is 0 Å². The molecular formula is C18H23NO2. The Hall–Kier alpha value is -2.00. The zero-order chi connectivity index (χ0) is 14.9. The molecule has 0 amide bonds. The van der Waals surface area contributed by atoms with Gasteiger partial charge in [0.05, 0.1) is 6.61 Å². The van der Waals surface area contributed by atoms with E-state index in [9.17, 15) is 0 Å². The Morgan fingerprint density at radius 3 is 2.52 bits per heavy atom. The standard InChI is InChI=1S/C18H23NO2/c1-2-12-20-17-9-8-16(10-11-19)18(13-17)21-14-15-6-4-3-5-7-15/h3-9,13H,2,10-12,14,19H2,1H3. The lowest BCUT2D eigenvalue weighted by Gasteiger charge is -2.13. The molecule has 2 rings (SSSR count). The van der Waals surface area contributed by atoms with E-state index in [1.54, 1.807) is 0 Å². The van der Waals surface area contributed by atoms with Crippen LogP contribution >= 0.6 is 0 Å². The Balaban J connectivity index is 2.09. The molecule has 21 heavy (non-hydrogen) atoms. The summed E-state index contributed by atoms with van der Waals surface area (Å²) in [6.07, 6.45) is 1.79. The van der Waals surface area contributed by atoms with Gasteiger partial charge in [0.2, 0.25) is 0 Å². The van der Waals surface area contributed by atoms with E-state index in [0.717, 1.165) is 35.5 Å². The third kappa shape index (κ3) is 4.80. The summed E-state index contributed by atoms with van der Waals surface area (Å²) in [5, 5.41) is 0. The maximum atomic E-state index is 5.96. The molecule has 0 bridgehead atoms. The highest BCUT2D eigenvalue weighted by Gasteiger charge is 2.06. The van der Waals surface area contributed by atoms with E-state index >= 15 is 0 Å². The normalized spacial score (nSPS) is 10.4. The summed E-state index contributed by atoms with van der Waals surface area (Å²) in [6.45, 7) is 3.97. The lowest BCUT2D eigenvalue weighted by Crippen LogP contribution is -2.06. The molecule has 2 aromatic carbocycles. The SMILES string of the molecule is CCCOc1ccc(CCN)c(OCc2ccccc2)c1. The fourth-order valence-corrected chi connectivity index (χ4v) is 2.08. The third-order valence-corrected chi connectivity index (χ3v) is 3.16. The highest BCUT2D eigenvalue weighted by atomic mass is 16.5. The largest absolute Gasteiger partial charge is 0.493 e. The van der Waals surface area contributed by atoms with Crippen molar-refractivity contribution in [3.8, 4) is 11.5 Å². The Kier molecular flexibility index (Phi) is 6.10. The van der Waals surface area contributed by atoms with Crippen LogP contribution in [0.15, 0.2) is 48.5 Å². The van der Waals surface area contributed by atoms with Crippen LogP contribution in [0.25, 0.3) is 0 Å². The van der Waals surface area contributed by atoms with Crippen LogP contribution in [0.3, 0.4) is 0 Å². The van der Waals surface area contributed by atoms with Crippen LogP contribution in [0.4, 0.5) is 0 Å². The third-order valence-electron chi connectivity index (χ3n) is 3.16. The first-order chi connectivity index (χ1) is 10.3. The van der Waals surface area contributed by atoms with Crippen molar-refractivity contribution in [2.75, 3.05) is 13.2 Å². The van der Waals surface area contributed by atoms with Gasteiger partial charge in [0.25, 0.3) is 0 Å². The molecule has 0 aliphatic rings. The molecule has 0 aromatic heterocycles. The first-order valence-electron chi connectivity index (χ1n) is 7.46. The van der Waals surface area contributed by atoms with Gasteiger partial charge in [0, 0.05) is 6.07 Å². The van der Waals surface area contributed by atoms with Gasteiger partial charge in [-0.1, -0.05) is 43.3 Å². The van der Waals surface area contributed by atoms with E-state index in [4.69, 9.17) is 15.2 Å². The molecule has 2 aromatic rings. The van der Waals surface area contributed by atoms with Crippen molar-refractivity contribution in [1.29, 1.82) is 0 Å².